The number of hydrogen-bond acceptors (Lipinski definition) is 8. The fourth-order valence-corrected chi connectivity index (χ4v) is 8.59. The van der Waals surface area contributed by atoms with Crippen LogP contribution < -0.4 is 15.4 Å². The highest BCUT2D eigenvalue weighted by Gasteiger charge is 2.26. The first-order valence-corrected chi connectivity index (χ1v) is 18.9. The highest BCUT2D eigenvalue weighted by Crippen LogP contribution is 2.31. The van der Waals surface area contributed by atoms with Crippen molar-refractivity contribution >= 4 is 53.2 Å². The SMILES string of the molecule is CC(C)C1=CS(=O)(=O)c2ccccc2N1.CC(C)C1=Cc2ccccc2S(=O)(=O)N1.CC(C)C1=NS(=O)(=O)c2ccccc2N1. The van der Waals surface area contributed by atoms with Gasteiger partial charge < -0.3 is 10.6 Å². The number of nitrogens with zero attached hydrogens (tertiary/aromatic N) is 1. The van der Waals surface area contributed by atoms with E-state index in [2.05, 4.69) is 19.8 Å². The van der Waals surface area contributed by atoms with Crippen LogP contribution in [0.5, 0.6) is 0 Å². The van der Waals surface area contributed by atoms with E-state index >= 15 is 0 Å². The van der Waals surface area contributed by atoms with E-state index in [9.17, 15) is 25.3 Å². The number of amidine groups is 1. The molecule has 3 aromatic rings. The zero-order chi connectivity index (χ0) is 33.2. The van der Waals surface area contributed by atoms with Crippen molar-refractivity contribution < 1.29 is 25.3 Å². The number of sulfone groups is 1. The standard InChI is InChI=1S/2C11H13NO2S.C10H12N2O2S/c1-8(2)10-7-15(13,14)11-6-4-3-5-9(11)12-10;1-8(2)10-7-9-5-3-4-6-11(9)15(13,14)12-10;1-7(2)10-11-8-5-3-4-6-9(8)15(13,14)12-10/h2*3-8,12H,1-2H3;3-7H,1-2H3,(H,11,12). The van der Waals surface area contributed by atoms with E-state index in [-0.39, 0.29) is 22.6 Å². The third-order valence-corrected chi connectivity index (χ3v) is 11.3. The Balaban J connectivity index is 0.000000154. The molecule has 0 amide bonds. The van der Waals surface area contributed by atoms with E-state index in [0.29, 0.717) is 27.0 Å². The molecule has 0 aromatic heterocycles. The Bertz CT molecular complexity index is 1910. The van der Waals surface area contributed by atoms with Crippen LogP contribution in [0.1, 0.15) is 47.1 Å². The van der Waals surface area contributed by atoms with Crippen LogP contribution in [0, 0.1) is 17.8 Å². The van der Waals surface area contributed by atoms with Gasteiger partial charge in [0.15, 0.2) is 0 Å². The van der Waals surface area contributed by atoms with Crippen LogP contribution in [0.25, 0.3) is 6.08 Å². The van der Waals surface area contributed by atoms with Crippen LogP contribution in [0.4, 0.5) is 11.4 Å². The first-order valence-electron chi connectivity index (χ1n) is 14.4. The van der Waals surface area contributed by atoms with Crippen molar-refractivity contribution in [2.24, 2.45) is 22.2 Å². The summed E-state index contributed by atoms with van der Waals surface area (Å²) in [7, 11) is -10.1. The Kier molecular flexibility index (Phi) is 9.95. The summed E-state index contributed by atoms with van der Waals surface area (Å²) in [5, 5.41) is 7.48. The minimum absolute atomic E-state index is 0.0631. The molecule has 0 fully saturated rings. The Hall–Kier alpha value is -3.94. The molecule has 3 aliphatic rings. The molecule has 0 unspecified atom stereocenters. The van der Waals surface area contributed by atoms with Gasteiger partial charge in [-0.25, -0.2) is 16.8 Å². The van der Waals surface area contributed by atoms with Gasteiger partial charge in [0.05, 0.1) is 26.6 Å². The highest BCUT2D eigenvalue weighted by molar-refractivity contribution is 7.94. The minimum Gasteiger partial charge on any atom is -0.357 e. The van der Waals surface area contributed by atoms with Crippen molar-refractivity contribution in [1.29, 1.82) is 0 Å². The first-order chi connectivity index (χ1) is 21.0. The van der Waals surface area contributed by atoms with Gasteiger partial charge in [-0.05, 0) is 53.8 Å². The molecular formula is C32H38N4O6S3. The number of fused-ring (bicyclic) bond motifs is 3. The largest absolute Gasteiger partial charge is 0.357 e. The molecule has 13 heteroatoms. The predicted octanol–water partition coefficient (Wildman–Crippen LogP) is 6.21. The average Bonchev–Trinajstić information content (AvgIpc) is 2.97. The normalized spacial score (nSPS) is 17.9. The van der Waals surface area contributed by atoms with Gasteiger partial charge >= 0.3 is 0 Å². The number of benzene rings is 3. The molecule has 3 aliphatic heterocycles. The molecule has 0 saturated carbocycles. The number of sulfonamides is 2. The number of allylic oxidation sites excluding steroid dienone is 2. The summed E-state index contributed by atoms with van der Waals surface area (Å²) in [6.45, 7) is 11.6. The second-order valence-electron chi connectivity index (χ2n) is 11.5. The van der Waals surface area contributed by atoms with Crippen LogP contribution in [0.3, 0.4) is 0 Å². The maximum Gasteiger partial charge on any atom is 0.286 e. The van der Waals surface area contributed by atoms with Crippen LogP contribution in [0.15, 0.2) is 109 Å². The van der Waals surface area contributed by atoms with Crippen molar-refractivity contribution in [2.45, 2.75) is 56.2 Å². The summed E-state index contributed by atoms with van der Waals surface area (Å²) in [5.74, 6) is 0.906. The molecule has 6 rings (SSSR count). The van der Waals surface area contributed by atoms with Crippen LogP contribution in [0.2, 0.25) is 0 Å². The lowest BCUT2D eigenvalue weighted by molar-refractivity contribution is 0.580. The molecule has 3 heterocycles. The van der Waals surface area contributed by atoms with Gasteiger partial charge in [-0.3, -0.25) is 4.72 Å². The number of anilines is 2. The molecule has 3 aromatic carbocycles. The molecule has 0 atom stereocenters. The summed E-state index contributed by atoms with van der Waals surface area (Å²) in [5.41, 5.74) is 3.53. The molecule has 0 aliphatic carbocycles. The second kappa shape index (κ2) is 13.2. The molecule has 0 bridgehead atoms. The molecule has 0 radical (unpaired) electrons. The fraction of sp³-hybridized carbons (Fsp3) is 0.281. The Labute approximate surface area is 266 Å². The average molecular weight is 671 g/mol. The molecule has 240 valence electrons. The van der Waals surface area contributed by atoms with Crippen molar-refractivity contribution in [3.63, 3.8) is 0 Å². The summed E-state index contributed by atoms with van der Waals surface area (Å²) in [4.78, 5) is 0.957. The maximum absolute atomic E-state index is 11.9. The number of rotatable bonds is 3. The van der Waals surface area contributed by atoms with Gasteiger partial charge in [0.2, 0.25) is 9.84 Å². The van der Waals surface area contributed by atoms with E-state index in [1.54, 1.807) is 54.6 Å². The summed E-state index contributed by atoms with van der Waals surface area (Å²) in [6, 6.07) is 20.7. The zero-order valence-corrected chi connectivity index (χ0v) is 28.4. The van der Waals surface area contributed by atoms with E-state index < -0.39 is 29.9 Å². The van der Waals surface area contributed by atoms with Gasteiger partial charge in [-0.2, -0.15) is 8.42 Å². The molecule has 45 heavy (non-hydrogen) atoms. The molecule has 0 spiro atoms. The van der Waals surface area contributed by atoms with Crippen LogP contribution >= 0.6 is 0 Å². The van der Waals surface area contributed by atoms with Gasteiger partial charge in [0, 0.05) is 17.3 Å². The van der Waals surface area contributed by atoms with E-state index in [0.717, 1.165) is 17.0 Å². The lowest BCUT2D eigenvalue weighted by Crippen LogP contribution is -2.29. The Morgan fingerprint density at radius 3 is 1.67 bits per heavy atom. The highest BCUT2D eigenvalue weighted by atomic mass is 32.2. The lowest BCUT2D eigenvalue weighted by Gasteiger charge is -2.21. The quantitative estimate of drug-likeness (QED) is 0.298. The van der Waals surface area contributed by atoms with E-state index in [4.69, 9.17) is 0 Å². The van der Waals surface area contributed by atoms with Crippen LogP contribution in [-0.4, -0.2) is 31.1 Å². The number of nitrogens with one attached hydrogen (secondary N) is 3. The third kappa shape index (κ3) is 7.84. The van der Waals surface area contributed by atoms with Crippen molar-refractivity contribution in [2.75, 3.05) is 10.6 Å². The molecular weight excluding hydrogens is 633 g/mol. The smallest absolute Gasteiger partial charge is 0.286 e. The fourth-order valence-electron chi connectivity index (χ4n) is 4.43. The summed E-state index contributed by atoms with van der Waals surface area (Å²) < 4.78 is 77.2. The first kappa shape index (κ1) is 33.9. The molecule has 0 saturated heterocycles. The third-order valence-electron chi connectivity index (χ3n) is 6.96. The monoisotopic (exact) mass is 670 g/mol. The van der Waals surface area contributed by atoms with Gasteiger partial charge in [-0.15, -0.1) is 4.40 Å². The van der Waals surface area contributed by atoms with E-state index in [1.807, 2.05) is 65.8 Å². The van der Waals surface area contributed by atoms with E-state index in [1.165, 1.54) is 5.41 Å². The maximum atomic E-state index is 11.9. The second-order valence-corrected chi connectivity index (χ2v) is 16.5. The van der Waals surface area contributed by atoms with Crippen molar-refractivity contribution in [1.82, 2.24) is 4.72 Å². The Morgan fingerprint density at radius 1 is 0.578 bits per heavy atom. The predicted molar refractivity (Wildman–Crippen MR) is 179 cm³/mol. The zero-order valence-electron chi connectivity index (χ0n) is 25.9. The van der Waals surface area contributed by atoms with Crippen molar-refractivity contribution in [3.05, 3.63) is 95.2 Å². The topological polar surface area (TPSA) is 151 Å². The van der Waals surface area contributed by atoms with Crippen molar-refractivity contribution in [3.8, 4) is 0 Å². The Morgan fingerprint density at radius 2 is 1.09 bits per heavy atom. The number of para-hydroxylation sites is 2. The number of hydrogen-bond donors (Lipinski definition) is 3. The van der Waals surface area contributed by atoms with Gasteiger partial charge in [-0.1, -0.05) is 84.0 Å². The molecule has 3 N–H and O–H groups in total. The van der Waals surface area contributed by atoms with Gasteiger partial charge in [0.25, 0.3) is 20.0 Å². The minimum atomic E-state index is -3.51. The summed E-state index contributed by atoms with van der Waals surface area (Å²) >= 11 is 0. The molecule has 10 nitrogen and oxygen atoms in total. The summed E-state index contributed by atoms with van der Waals surface area (Å²) in [6.07, 6.45) is 1.89. The lowest BCUT2D eigenvalue weighted by atomic mass is 10.1. The van der Waals surface area contributed by atoms with Crippen LogP contribution in [-0.2, 0) is 29.9 Å². The van der Waals surface area contributed by atoms with Gasteiger partial charge in [0.1, 0.15) is 10.7 Å².